The molecule has 0 saturated heterocycles. The largest absolute Gasteiger partial charge is 0.493 e. The molecule has 1 atom stereocenters. The highest BCUT2D eigenvalue weighted by Gasteiger charge is 2.16. The molecule has 0 radical (unpaired) electrons. The lowest BCUT2D eigenvalue weighted by Crippen LogP contribution is -2.13. The smallest absolute Gasteiger partial charge is 0.266 e. The third-order valence-corrected chi connectivity index (χ3v) is 4.58. The van der Waals surface area contributed by atoms with Crippen molar-refractivity contribution < 1.29 is 14.3 Å². The zero-order valence-corrected chi connectivity index (χ0v) is 18.1. The SMILES string of the molecule is CC[C@H](C)Oc1c(Cl)cc(/C=C(/C#N)C(=O)Nc2cc(C)cc(C)c2)cc1OC. The first-order valence-electron chi connectivity index (χ1n) is 9.33. The van der Waals surface area contributed by atoms with Gasteiger partial charge in [-0.25, -0.2) is 0 Å². The van der Waals surface area contributed by atoms with E-state index in [0.717, 1.165) is 17.5 Å². The van der Waals surface area contributed by atoms with E-state index in [0.29, 0.717) is 27.8 Å². The molecule has 1 N–H and O–H groups in total. The molecule has 0 unspecified atom stereocenters. The maximum absolute atomic E-state index is 12.6. The van der Waals surface area contributed by atoms with E-state index < -0.39 is 5.91 Å². The molecule has 0 aliphatic rings. The number of methoxy groups -OCH3 is 1. The molecule has 0 heterocycles. The van der Waals surface area contributed by atoms with E-state index in [2.05, 4.69) is 5.32 Å². The summed E-state index contributed by atoms with van der Waals surface area (Å²) in [5.41, 5.74) is 3.21. The average Bonchev–Trinajstić information content (AvgIpc) is 2.66. The molecule has 0 saturated carbocycles. The number of carbonyl (C=O) groups excluding carboxylic acids is 1. The van der Waals surface area contributed by atoms with Crippen molar-refractivity contribution in [1.82, 2.24) is 0 Å². The number of nitrogens with zero attached hydrogens (tertiary/aromatic N) is 1. The molecule has 2 aromatic carbocycles. The molecular weight excluding hydrogens is 388 g/mol. The molecule has 0 fully saturated rings. The second-order valence-corrected chi connectivity index (χ2v) is 7.28. The topological polar surface area (TPSA) is 71.3 Å². The predicted octanol–water partition coefficient (Wildman–Crippen LogP) is 5.69. The van der Waals surface area contributed by atoms with Crippen molar-refractivity contribution in [2.45, 2.75) is 40.2 Å². The van der Waals surface area contributed by atoms with Crippen LogP contribution in [0.3, 0.4) is 0 Å². The average molecular weight is 413 g/mol. The first-order chi connectivity index (χ1) is 13.8. The van der Waals surface area contributed by atoms with Crippen molar-refractivity contribution >= 4 is 29.3 Å². The molecule has 29 heavy (non-hydrogen) atoms. The Morgan fingerprint density at radius 3 is 2.45 bits per heavy atom. The fourth-order valence-corrected chi connectivity index (χ4v) is 3.05. The summed E-state index contributed by atoms with van der Waals surface area (Å²) in [6.07, 6.45) is 2.26. The molecule has 0 aromatic heterocycles. The maximum atomic E-state index is 12.6. The van der Waals surface area contributed by atoms with Gasteiger partial charge < -0.3 is 14.8 Å². The number of hydrogen-bond acceptors (Lipinski definition) is 4. The Kier molecular flexibility index (Phi) is 7.69. The van der Waals surface area contributed by atoms with Crippen LogP contribution in [0.1, 0.15) is 37.0 Å². The normalized spacial score (nSPS) is 12.1. The second kappa shape index (κ2) is 9.99. The summed E-state index contributed by atoms with van der Waals surface area (Å²) < 4.78 is 11.2. The fraction of sp³-hybridized carbons (Fsp3) is 0.304. The monoisotopic (exact) mass is 412 g/mol. The van der Waals surface area contributed by atoms with E-state index in [9.17, 15) is 10.1 Å². The van der Waals surface area contributed by atoms with E-state index in [1.54, 1.807) is 12.1 Å². The van der Waals surface area contributed by atoms with Crippen LogP contribution in [0.15, 0.2) is 35.9 Å². The van der Waals surface area contributed by atoms with Crippen LogP contribution in [0, 0.1) is 25.2 Å². The lowest BCUT2D eigenvalue weighted by molar-refractivity contribution is -0.112. The van der Waals surface area contributed by atoms with Crippen LogP contribution in [0.2, 0.25) is 5.02 Å². The molecule has 0 aliphatic heterocycles. The van der Waals surface area contributed by atoms with E-state index in [4.69, 9.17) is 21.1 Å². The number of hydrogen-bond donors (Lipinski definition) is 1. The summed E-state index contributed by atoms with van der Waals surface area (Å²) in [6.45, 7) is 7.84. The highest BCUT2D eigenvalue weighted by Crippen LogP contribution is 2.38. The minimum atomic E-state index is -0.493. The molecule has 5 nitrogen and oxygen atoms in total. The minimum Gasteiger partial charge on any atom is -0.493 e. The third-order valence-electron chi connectivity index (χ3n) is 4.30. The molecule has 0 aliphatic carbocycles. The van der Waals surface area contributed by atoms with Crippen molar-refractivity contribution in [3.8, 4) is 17.6 Å². The first kappa shape index (κ1) is 22.3. The Morgan fingerprint density at radius 2 is 1.90 bits per heavy atom. The number of nitrogens with one attached hydrogen (secondary N) is 1. The van der Waals surface area contributed by atoms with Crippen LogP contribution in [0.5, 0.6) is 11.5 Å². The van der Waals surface area contributed by atoms with Gasteiger partial charge in [-0.05, 0) is 74.2 Å². The van der Waals surface area contributed by atoms with Crippen molar-refractivity contribution in [2.24, 2.45) is 0 Å². The number of carbonyl (C=O) groups is 1. The van der Waals surface area contributed by atoms with Gasteiger partial charge in [0.15, 0.2) is 11.5 Å². The van der Waals surface area contributed by atoms with Crippen LogP contribution in [-0.2, 0) is 4.79 Å². The molecule has 0 spiro atoms. The quantitative estimate of drug-likeness (QED) is 0.468. The van der Waals surface area contributed by atoms with Crippen LogP contribution in [-0.4, -0.2) is 19.1 Å². The predicted molar refractivity (Wildman–Crippen MR) is 117 cm³/mol. The zero-order valence-electron chi connectivity index (χ0n) is 17.3. The van der Waals surface area contributed by atoms with Gasteiger partial charge in [0.25, 0.3) is 5.91 Å². The molecule has 6 heteroatoms. The Labute approximate surface area is 176 Å². The Morgan fingerprint density at radius 1 is 1.24 bits per heavy atom. The van der Waals surface area contributed by atoms with Gasteiger partial charge in [-0.15, -0.1) is 0 Å². The van der Waals surface area contributed by atoms with Gasteiger partial charge in [-0.3, -0.25) is 4.79 Å². The molecular formula is C23H25ClN2O3. The van der Waals surface area contributed by atoms with Gasteiger partial charge in [-0.1, -0.05) is 24.6 Å². The number of aryl methyl sites for hydroxylation is 2. The van der Waals surface area contributed by atoms with Gasteiger partial charge in [0.2, 0.25) is 0 Å². The lowest BCUT2D eigenvalue weighted by atomic mass is 10.1. The van der Waals surface area contributed by atoms with E-state index >= 15 is 0 Å². The second-order valence-electron chi connectivity index (χ2n) is 6.87. The van der Waals surface area contributed by atoms with Crippen molar-refractivity contribution in [2.75, 3.05) is 12.4 Å². The highest BCUT2D eigenvalue weighted by atomic mass is 35.5. The summed E-state index contributed by atoms with van der Waals surface area (Å²) >= 11 is 6.37. The molecule has 2 rings (SSSR count). The number of ether oxygens (including phenoxy) is 2. The fourth-order valence-electron chi connectivity index (χ4n) is 2.78. The van der Waals surface area contributed by atoms with Crippen LogP contribution >= 0.6 is 11.6 Å². The number of benzene rings is 2. The minimum absolute atomic E-state index is 0.0268. The molecule has 152 valence electrons. The van der Waals surface area contributed by atoms with Gasteiger partial charge in [0.05, 0.1) is 18.2 Å². The Hall–Kier alpha value is -2.97. The van der Waals surface area contributed by atoms with Gasteiger partial charge >= 0.3 is 0 Å². The summed E-state index contributed by atoms with van der Waals surface area (Å²) in [5, 5.41) is 12.6. The Bertz CT molecular complexity index is 957. The summed E-state index contributed by atoms with van der Waals surface area (Å²) in [5.74, 6) is 0.391. The molecule has 0 bridgehead atoms. The van der Waals surface area contributed by atoms with Gasteiger partial charge in [0.1, 0.15) is 11.6 Å². The van der Waals surface area contributed by atoms with Crippen LogP contribution in [0.4, 0.5) is 5.69 Å². The molecule has 2 aromatic rings. The van der Waals surface area contributed by atoms with E-state index in [1.807, 2.05) is 52.0 Å². The van der Waals surface area contributed by atoms with Crippen molar-refractivity contribution in [3.05, 3.63) is 57.6 Å². The molecule has 1 amide bonds. The van der Waals surface area contributed by atoms with E-state index in [-0.39, 0.29) is 11.7 Å². The van der Waals surface area contributed by atoms with Crippen molar-refractivity contribution in [3.63, 3.8) is 0 Å². The summed E-state index contributed by atoms with van der Waals surface area (Å²) in [4.78, 5) is 12.6. The van der Waals surface area contributed by atoms with Crippen molar-refractivity contribution in [1.29, 1.82) is 5.26 Å². The van der Waals surface area contributed by atoms with Crippen LogP contribution in [0.25, 0.3) is 6.08 Å². The third kappa shape index (κ3) is 6.00. The zero-order chi connectivity index (χ0) is 21.6. The Balaban J connectivity index is 2.33. The number of anilines is 1. The number of halogens is 1. The number of rotatable bonds is 7. The van der Waals surface area contributed by atoms with Gasteiger partial charge in [0, 0.05) is 5.69 Å². The van der Waals surface area contributed by atoms with Crippen LogP contribution < -0.4 is 14.8 Å². The maximum Gasteiger partial charge on any atom is 0.266 e. The summed E-state index contributed by atoms with van der Waals surface area (Å²) in [7, 11) is 1.51. The van der Waals surface area contributed by atoms with E-state index in [1.165, 1.54) is 13.2 Å². The standard InChI is InChI=1S/C23H25ClN2O3/c1-6-16(4)29-22-20(24)11-17(12-21(22)28-5)10-18(13-25)23(27)26-19-8-14(2)7-15(3)9-19/h7-12,16H,6H2,1-5H3,(H,26,27)/b18-10-/t16-/m0/s1. The number of nitriles is 1. The first-order valence-corrected chi connectivity index (χ1v) is 9.70. The lowest BCUT2D eigenvalue weighted by Gasteiger charge is -2.17. The summed E-state index contributed by atoms with van der Waals surface area (Å²) in [6, 6.07) is 11.0. The van der Waals surface area contributed by atoms with Gasteiger partial charge in [-0.2, -0.15) is 5.26 Å². The number of amides is 1. The highest BCUT2D eigenvalue weighted by molar-refractivity contribution is 6.32.